The number of ether oxygens (including phenoxy) is 1. The molecule has 1 aliphatic heterocycles. The standard InChI is InChI=1S/C12H17N3O5S/c1-13-11-7-10(4-5-12(11)15(16)17)21(18,19)14-9-3-2-6-20-8-9/h4-5,7,9,13-14H,2-3,6,8H2,1H3. The first kappa shape index (κ1) is 15.7. The van der Waals surface area contributed by atoms with Crippen LogP contribution >= 0.6 is 0 Å². The predicted octanol–water partition coefficient (Wildman–Crippen LogP) is 1.09. The van der Waals surface area contributed by atoms with Gasteiger partial charge in [-0.15, -0.1) is 0 Å². The smallest absolute Gasteiger partial charge is 0.292 e. The van der Waals surface area contributed by atoms with E-state index in [4.69, 9.17) is 4.74 Å². The minimum atomic E-state index is -3.73. The highest BCUT2D eigenvalue weighted by molar-refractivity contribution is 7.89. The largest absolute Gasteiger partial charge is 0.383 e. The Bertz CT molecular complexity index is 626. The molecule has 2 rings (SSSR count). The highest BCUT2D eigenvalue weighted by Gasteiger charge is 2.24. The summed E-state index contributed by atoms with van der Waals surface area (Å²) in [5.74, 6) is 0. The van der Waals surface area contributed by atoms with E-state index in [0.717, 1.165) is 6.42 Å². The lowest BCUT2D eigenvalue weighted by molar-refractivity contribution is -0.384. The number of nitrogens with zero attached hydrogens (tertiary/aromatic N) is 1. The second-order valence-corrected chi connectivity index (χ2v) is 6.44. The predicted molar refractivity (Wildman–Crippen MR) is 76.8 cm³/mol. The summed E-state index contributed by atoms with van der Waals surface area (Å²) in [4.78, 5) is 10.3. The number of nitro benzene ring substituents is 1. The molecular formula is C12H17N3O5S. The maximum atomic E-state index is 12.3. The molecule has 1 aliphatic rings. The summed E-state index contributed by atoms with van der Waals surface area (Å²) in [6.45, 7) is 0.977. The zero-order chi connectivity index (χ0) is 15.5. The molecule has 0 radical (unpaired) electrons. The van der Waals surface area contributed by atoms with E-state index in [9.17, 15) is 18.5 Å². The van der Waals surface area contributed by atoms with Crippen molar-refractivity contribution in [1.82, 2.24) is 4.72 Å². The molecule has 0 aliphatic carbocycles. The van der Waals surface area contributed by atoms with Gasteiger partial charge in [-0.2, -0.15) is 0 Å². The van der Waals surface area contributed by atoms with Crippen molar-refractivity contribution in [2.45, 2.75) is 23.8 Å². The summed E-state index contributed by atoms with van der Waals surface area (Å²) in [5, 5.41) is 13.5. The van der Waals surface area contributed by atoms with E-state index in [1.54, 1.807) is 0 Å². The van der Waals surface area contributed by atoms with Gasteiger partial charge in [-0.1, -0.05) is 0 Å². The van der Waals surface area contributed by atoms with Crippen molar-refractivity contribution in [3.63, 3.8) is 0 Å². The van der Waals surface area contributed by atoms with Gasteiger partial charge in [-0.25, -0.2) is 13.1 Å². The molecule has 0 bridgehead atoms. The molecule has 1 saturated heterocycles. The molecule has 1 heterocycles. The first-order valence-corrected chi connectivity index (χ1v) is 7.98. The summed E-state index contributed by atoms with van der Waals surface area (Å²) in [7, 11) is -2.23. The van der Waals surface area contributed by atoms with Gasteiger partial charge >= 0.3 is 0 Å². The molecule has 1 aromatic rings. The van der Waals surface area contributed by atoms with E-state index in [0.29, 0.717) is 19.6 Å². The van der Waals surface area contributed by atoms with Crippen LogP contribution in [-0.2, 0) is 14.8 Å². The fourth-order valence-corrected chi connectivity index (χ4v) is 3.44. The van der Waals surface area contributed by atoms with Crippen molar-refractivity contribution >= 4 is 21.4 Å². The lowest BCUT2D eigenvalue weighted by Gasteiger charge is -2.23. The number of nitro groups is 1. The molecule has 1 atom stereocenters. The Morgan fingerprint density at radius 2 is 2.19 bits per heavy atom. The monoisotopic (exact) mass is 315 g/mol. The average molecular weight is 315 g/mol. The molecule has 8 nitrogen and oxygen atoms in total. The molecule has 9 heteroatoms. The van der Waals surface area contributed by atoms with Gasteiger partial charge in [-0.05, 0) is 25.0 Å². The molecule has 0 saturated carbocycles. The van der Waals surface area contributed by atoms with Gasteiger partial charge in [0.2, 0.25) is 10.0 Å². The normalized spacial score (nSPS) is 19.2. The number of rotatable bonds is 5. The Balaban J connectivity index is 2.25. The van der Waals surface area contributed by atoms with E-state index in [2.05, 4.69) is 10.0 Å². The average Bonchev–Trinajstić information content (AvgIpc) is 2.47. The second kappa shape index (κ2) is 6.37. The molecule has 116 valence electrons. The lowest BCUT2D eigenvalue weighted by atomic mass is 10.1. The molecule has 1 unspecified atom stereocenters. The number of hydrogen-bond donors (Lipinski definition) is 2. The van der Waals surface area contributed by atoms with E-state index in [-0.39, 0.29) is 22.3 Å². The van der Waals surface area contributed by atoms with Crippen molar-refractivity contribution in [3.8, 4) is 0 Å². The van der Waals surface area contributed by atoms with E-state index in [1.165, 1.54) is 25.2 Å². The molecule has 0 spiro atoms. The zero-order valence-corrected chi connectivity index (χ0v) is 12.4. The van der Waals surface area contributed by atoms with Crippen molar-refractivity contribution in [2.24, 2.45) is 0 Å². The van der Waals surface area contributed by atoms with Gasteiger partial charge in [0.25, 0.3) is 5.69 Å². The number of benzene rings is 1. The minimum Gasteiger partial charge on any atom is -0.383 e. The summed E-state index contributed by atoms with van der Waals surface area (Å²) < 4.78 is 32.4. The van der Waals surface area contributed by atoms with Crippen LogP contribution < -0.4 is 10.0 Å². The Morgan fingerprint density at radius 1 is 1.43 bits per heavy atom. The van der Waals surface area contributed by atoms with Crippen molar-refractivity contribution in [1.29, 1.82) is 0 Å². The van der Waals surface area contributed by atoms with Crippen molar-refractivity contribution in [2.75, 3.05) is 25.6 Å². The Hall–Kier alpha value is -1.71. The van der Waals surface area contributed by atoms with Crippen LogP contribution in [-0.4, -0.2) is 39.6 Å². The molecule has 0 amide bonds. The van der Waals surface area contributed by atoms with Crippen LogP contribution in [0.3, 0.4) is 0 Å². The third kappa shape index (κ3) is 3.69. The molecule has 21 heavy (non-hydrogen) atoms. The summed E-state index contributed by atoms with van der Waals surface area (Å²) in [5.41, 5.74) is -0.0137. The van der Waals surface area contributed by atoms with Crippen LogP contribution in [0.25, 0.3) is 0 Å². The topological polar surface area (TPSA) is 111 Å². The number of nitrogens with one attached hydrogen (secondary N) is 2. The second-order valence-electron chi connectivity index (χ2n) is 4.72. The maximum absolute atomic E-state index is 12.3. The van der Waals surface area contributed by atoms with Gasteiger partial charge in [0.15, 0.2) is 0 Å². The van der Waals surface area contributed by atoms with Crippen LogP contribution in [0.4, 0.5) is 11.4 Å². The Morgan fingerprint density at radius 3 is 2.76 bits per heavy atom. The zero-order valence-electron chi connectivity index (χ0n) is 11.5. The van der Waals surface area contributed by atoms with E-state index >= 15 is 0 Å². The van der Waals surface area contributed by atoms with E-state index < -0.39 is 14.9 Å². The number of sulfonamides is 1. The van der Waals surface area contributed by atoms with Crippen molar-refractivity contribution < 1.29 is 18.1 Å². The number of hydrogen-bond acceptors (Lipinski definition) is 6. The fraction of sp³-hybridized carbons (Fsp3) is 0.500. The first-order chi connectivity index (χ1) is 9.94. The molecule has 1 fully saturated rings. The summed E-state index contributed by atoms with van der Waals surface area (Å²) in [6.07, 6.45) is 1.51. The Kier molecular flexibility index (Phi) is 4.76. The summed E-state index contributed by atoms with van der Waals surface area (Å²) in [6, 6.07) is 3.39. The van der Waals surface area contributed by atoms with Crippen molar-refractivity contribution in [3.05, 3.63) is 28.3 Å². The van der Waals surface area contributed by atoms with Crippen LogP contribution in [0.15, 0.2) is 23.1 Å². The fourth-order valence-electron chi connectivity index (χ4n) is 2.16. The van der Waals surface area contributed by atoms with Gasteiger partial charge in [0.1, 0.15) is 5.69 Å². The van der Waals surface area contributed by atoms with E-state index in [1.807, 2.05) is 0 Å². The first-order valence-electron chi connectivity index (χ1n) is 6.50. The highest BCUT2D eigenvalue weighted by Crippen LogP contribution is 2.27. The third-order valence-corrected chi connectivity index (χ3v) is 4.74. The summed E-state index contributed by atoms with van der Waals surface area (Å²) >= 11 is 0. The van der Waals surface area contributed by atoms with Crippen LogP contribution in [0.1, 0.15) is 12.8 Å². The molecule has 2 N–H and O–H groups in total. The highest BCUT2D eigenvalue weighted by atomic mass is 32.2. The molecule has 0 aromatic heterocycles. The quantitative estimate of drug-likeness (QED) is 0.621. The third-order valence-electron chi connectivity index (χ3n) is 3.23. The van der Waals surface area contributed by atoms with Crippen LogP contribution in [0.5, 0.6) is 0 Å². The maximum Gasteiger partial charge on any atom is 0.292 e. The van der Waals surface area contributed by atoms with Gasteiger partial charge in [0, 0.05) is 25.8 Å². The molecular weight excluding hydrogens is 298 g/mol. The lowest BCUT2D eigenvalue weighted by Crippen LogP contribution is -2.40. The Labute approximate surface area is 122 Å². The number of anilines is 1. The van der Waals surface area contributed by atoms with Crippen LogP contribution in [0.2, 0.25) is 0 Å². The molecule has 1 aromatic carbocycles. The van der Waals surface area contributed by atoms with Gasteiger partial charge in [0.05, 0.1) is 16.4 Å². The van der Waals surface area contributed by atoms with Gasteiger partial charge < -0.3 is 10.1 Å². The van der Waals surface area contributed by atoms with Gasteiger partial charge in [-0.3, -0.25) is 10.1 Å². The minimum absolute atomic E-state index is 0.0111. The SMILES string of the molecule is CNc1cc(S(=O)(=O)NC2CCCOC2)ccc1[N+](=O)[O-]. The van der Waals surface area contributed by atoms with Crippen LogP contribution in [0, 0.1) is 10.1 Å².